The number of rotatable bonds is 5. The predicted octanol–water partition coefficient (Wildman–Crippen LogP) is 5.93. The van der Waals surface area contributed by atoms with E-state index in [1.54, 1.807) is 12.3 Å². The van der Waals surface area contributed by atoms with Crippen molar-refractivity contribution < 1.29 is 9.90 Å². The number of benzene rings is 3. The van der Waals surface area contributed by atoms with Crippen LogP contribution in [0.3, 0.4) is 0 Å². The lowest BCUT2D eigenvalue weighted by molar-refractivity contribution is 0.0952. The molecule has 0 aliphatic heterocycles. The van der Waals surface area contributed by atoms with E-state index in [-0.39, 0.29) is 11.3 Å². The van der Waals surface area contributed by atoms with Crippen molar-refractivity contribution >= 4 is 50.7 Å². The third-order valence-electron chi connectivity index (χ3n) is 4.53. The first-order valence-corrected chi connectivity index (χ1v) is 11.1. The zero-order valence-corrected chi connectivity index (χ0v) is 18.9. The number of hydrazone groups is 1. The normalized spacial score (nSPS) is 11.2. The van der Waals surface area contributed by atoms with E-state index < -0.39 is 5.91 Å². The summed E-state index contributed by atoms with van der Waals surface area (Å²) < 4.78 is 0.690. The number of aromatic hydroxyl groups is 1. The smallest absolute Gasteiger partial charge is 0.275 e. The Kier molecular flexibility index (Phi) is 6.34. The van der Waals surface area contributed by atoms with E-state index in [0.717, 1.165) is 26.4 Å². The van der Waals surface area contributed by atoms with Gasteiger partial charge in [-0.15, -0.1) is 0 Å². The van der Waals surface area contributed by atoms with Gasteiger partial charge in [-0.2, -0.15) is 5.10 Å². The lowest BCUT2D eigenvalue weighted by Gasteiger charge is -2.08. The minimum atomic E-state index is -0.503. The average Bonchev–Trinajstić information content (AvgIpc) is 2.77. The summed E-state index contributed by atoms with van der Waals surface area (Å²) in [6.45, 7) is 2.05. The largest absolute Gasteiger partial charge is 0.507 e. The standard InChI is InChI=1S/C24H18BrN3O2S/c1-15-6-9-19(10-7-15)31-24-17(12-16-4-2-3-5-21(16)27-24)14-26-28-23(30)20-13-18(25)8-11-22(20)29/h2-14,29H,1H3,(H,28,30). The molecule has 0 saturated carbocycles. The van der Waals surface area contributed by atoms with Crippen LogP contribution in [0.5, 0.6) is 5.75 Å². The summed E-state index contributed by atoms with van der Waals surface area (Å²) in [6.07, 6.45) is 1.57. The van der Waals surface area contributed by atoms with Gasteiger partial charge in [-0.1, -0.05) is 63.6 Å². The number of hydrogen-bond donors (Lipinski definition) is 2. The highest BCUT2D eigenvalue weighted by molar-refractivity contribution is 9.10. The molecule has 7 heteroatoms. The van der Waals surface area contributed by atoms with Crippen LogP contribution in [0, 0.1) is 6.92 Å². The number of nitrogens with one attached hydrogen (secondary N) is 1. The number of fused-ring (bicyclic) bond motifs is 1. The summed E-state index contributed by atoms with van der Waals surface area (Å²) in [5, 5.41) is 15.8. The van der Waals surface area contributed by atoms with Gasteiger partial charge < -0.3 is 5.11 Å². The third-order valence-corrected chi connectivity index (χ3v) is 6.05. The van der Waals surface area contributed by atoms with Crippen LogP contribution in [0.2, 0.25) is 0 Å². The van der Waals surface area contributed by atoms with E-state index in [9.17, 15) is 9.90 Å². The minimum absolute atomic E-state index is 0.112. The zero-order valence-electron chi connectivity index (χ0n) is 16.5. The number of carbonyl (C=O) groups is 1. The second-order valence-electron chi connectivity index (χ2n) is 6.85. The number of amides is 1. The van der Waals surface area contributed by atoms with Crippen LogP contribution in [0.15, 0.2) is 92.3 Å². The van der Waals surface area contributed by atoms with Crippen molar-refractivity contribution in [2.45, 2.75) is 16.8 Å². The minimum Gasteiger partial charge on any atom is -0.507 e. The molecule has 31 heavy (non-hydrogen) atoms. The molecular formula is C24H18BrN3O2S. The molecule has 1 aromatic heterocycles. The van der Waals surface area contributed by atoms with Gasteiger partial charge in [0.05, 0.1) is 17.3 Å². The van der Waals surface area contributed by atoms with Crippen LogP contribution in [-0.2, 0) is 0 Å². The Morgan fingerprint density at radius 1 is 1.10 bits per heavy atom. The number of nitrogens with zero attached hydrogens (tertiary/aromatic N) is 2. The van der Waals surface area contributed by atoms with Crippen molar-refractivity contribution in [1.29, 1.82) is 0 Å². The number of halogens is 1. The Labute approximate surface area is 192 Å². The van der Waals surface area contributed by atoms with Crippen LogP contribution in [0.1, 0.15) is 21.5 Å². The van der Waals surface area contributed by atoms with Crippen LogP contribution < -0.4 is 5.43 Å². The van der Waals surface area contributed by atoms with Crippen molar-refractivity contribution in [1.82, 2.24) is 10.4 Å². The molecule has 0 radical (unpaired) electrons. The van der Waals surface area contributed by atoms with E-state index >= 15 is 0 Å². The molecule has 5 nitrogen and oxygen atoms in total. The number of pyridine rings is 1. The summed E-state index contributed by atoms with van der Waals surface area (Å²) in [5.74, 6) is -0.615. The van der Waals surface area contributed by atoms with Gasteiger partial charge in [0.1, 0.15) is 10.8 Å². The highest BCUT2D eigenvalue weighted by atomic mass is 79.9. The molecule has 0 saturated heterocycles. The van der Waals surface area contributed by atoms with Gasteiger partial charge in [0.25, 0.3) is 5.91 Å². The molecule has 0 spiro atoms. The summed E-state index contributed by atoms with van der Waals surface area (Å²) in [5.41, 5.74) is 5.47. The Morgan fingerprint density at radius 3 is 2.68 bits per heavy atom. The molecule has 2 N–H and O–H groups in total. The second-order valence-corrected chi connectivity index (χ2v) is 8.83. The average molecular weight is 492 g/mol. The lowest BCUT2D eigenvalue weighted by atomic mass is 10.2. The first kappa shape index (κ1) is 21.1. The monoisotopic (exact) mass is 491 g/mol. The van der Waals surface area contributed by atoms with E-state index in [1.807, 2.05) is 37.3 Å². The molecular weight excluding hydrogens is 474 g/mol. The van der Waals surface area contributed by atoms with Gasteiger partial charge in [0.2, 0.25) is 0 Å². The molecule has 3 aromatic carbocycles. The molecule has 4 rings (SSSR count). The van der Waals surface area contributed by atoms with E-state index in [0.29, 0.717) is 4.47 Å². The fourth-order valence-electron chi connectivity index (χ4n) is 2.92. The van der Waals surface area contributed by atoms with Crippen LogP contribution in [0.25, 0.3) is 10.9 Å². The van der Waals surface area contributed by atoms with Gasteiger partial charge in [-0.05, 0) is 49.4 Å². The number of phenolic OH excluding ortho intramolecular Hbond substituents is 1. The summed E-state index contributed by atoms with van der Waals surface area (Å²) in [4.78, 5) is 18.3. The van der Waals surface area contributed by atoms with Gasteiger partial charge in [0, 0.05) is 20.3 Å². The fraction of sp³-hybridized carbons (Fsp3) is 0.0417. The summed E-state index contributed by atoms with van der Waals surface area (Å²) >= 11 is 4.83. The Balaban J connectivity index is 1.62. The topological polar surface area (TPSA) is 74.6 Å². The number of carbonyl (C=O) groups excluding carboxylic acids is 1. The van der Waals surface area contributed by atoms with Crippen molar-refractivity contribution in [3.05, 3.63) is 94.0 Å². The number of para-hydroxylation sites is 1. The highest BCUT2D eigenvalue weighted by Gasteiger charge is 2.11. The first-order chi connectivity index (χ1) is 15.0. The lowest BCUT2D eigenvalue weighted by Crippen LogP contribution is -2.17. The van der Waals surface area contributed by atoms with E-state index in [4.69, 9.17) is 4.98 Å². The number of aromatic nitrogens is 1. The molecule has 1 amide bonds. The van der Waals surface area contributed by atoms with Crippen molar-refractivity contribution in [2.75, 3.05) is 0 Å². The third kappa shape index (κ3) is 5.13. The summed E-state index contributed by atoms with van der Waals surface area (Å²) in [6, 6.07) is 22.7. The molecule has 4 aromatic rings. The van der Waals surface area contributed by atoms with Crippen molar-refractivity contribution in [3.63, 3.8) is 0 Å². The molecule has 154 valence electrons. The zero-order chi connectivity index (χ0) is 21.8. The van der Waals surface area contributed by atoms with Crippen LogP contribution in [-0.4, -0.2) is 22.2 Å². The number of phenols is 1. The molecule has 0 aliphatic carbocycles. The van der Waals surface area contributed by atoms with Crippen LogP contribution in [0.4, 0.5) is 0 Å². The molecule has 0 atom stereocenters. The quantitative estimate of drug-likeness (QED) is 0.268. The maximum atomic E-state index is 12.4. The van der Waals surface area contributed by atoms with Crippen LogP contribution >= 0.6 is 27.7 Å². The van der Waals surface area contributed by atoms with Gasteiger partial charge in [0.15, 0.2) is 0 Å². The maximum absolute atomic E-state index is 12.4. The number of aryl methyl sites for hydroxylation is 1. The molecule has 0 fully saturated rings. The predicted molar refractivity (Wildman–Crippen MR) is 128 cm³/mol. The van der Waals surface area contributed by atoms with Gasteiger partial charge in [-0.25, -0.2) is 10.4 Å². The molecule has 0 unspecified atom stereocenters. The van der Waals surface area contributed by atoms with Gasteiger partial charge >= 0.3 is 0 Å². The van der Waals surface area contributed by atoms with Crippen molar-refractivity contribution in [2.24, 2.45) is 5.10 Å². The Bertz CT molecular complexity index is 1290. The Morgan fingerprint density at radius 2 is 1.87 bits per heavy atom. The second kappa shape index (κ2) is 9.32. The van der Waals surface area contributed by atoms with Crippen molar-refractivity contribution in [3.8, 4) is 5.75 Å². The molecule has 0 bridgehead atoms. The highest BCUT2D eigenvalue weighted by Crippen LogP contribution is 2.30. The summed E-state index contributed by atoms with van der Waals surface area (Å²) in [7, 11) is 0. The molecule has 1 heterocycles. The number of hydrogen-bond acceptors (Lipinski definition) is 5. The maximum Gasteiger partial charge on any atom is 0.275 e. The Hall–Kier alpha value is -3.16. The van der Waals surface area contributed by atoms with Gasteiger partial charge in [-0.3, -0.25) is 4.79 Å². The fourth-order valence-corrected chi connectivity index (χ4v) is 4.15. The molecule has 0 aliphatic rings. The van der Waals surface area contributed by atoms with E-state index in [2.05, 4.69) is 50.7 Å². The SMILES string of the molecule is Cc1ccc(Sc2nc3ccccc3cc2C=NNC(=O)c2cc(Br)ccc2O)cc1. The van der Waals surface area contributed by atoms with E-state index in [1.165, 1.54) is 29.5 Å². The first-order valence-electron chi connectivity index (χ1n) is 9.46.